The number of benzene rings is 3. The number of ether oxygens (including phenoxy) is 1. The van der Waals surface area contributed by atoms with Gasteiger partial charge in [-0.2, -0.15) is 0 Å². The summed E-state index contributed by atoms with van der Waals surface area (Å²) in [6, 6.07) is 25.2. The first kappa shape index (κ1) is 18.5. The summed E-state index contributed by atoms with van der Waals surface area (Å²) in [7, 11) is 1.37. The molecule has 0 fully saturated rings. The van der Waals surface area contributed by atoms with Crippen molar-refractivity contribution in [2.75, 3.05) is 7.11 Å². The predicted octanol–water partition coefficient (Wildman–Crippen LogP) is 5.03. The number of hydrogen-bond donors (Lipinski definition) is 0. The number of nitrogens with zero attached hydrogens (tertiary/aromatic N) is 2. The molecule has 5 heteroatoms. The Balaban J connectivity index is 1.85. The van der Waals surface area contributed by atoms with Gasteiger partial charge >= 0.3 is 5.97 Å². The molecule has 1 aliphatic heterocycles. The molecule has 3 aromatic carbocycles. The largest absolute Gasteiger partial charge is 0.465 e. The topological polar surface area (TPSA) is 61.2 Å². The Hall–Kier alpha value is -4.25. The number of carbonyl (C=O) groups is 1. The average Bonchev–Trinajstić information content (AvgIpc) is 3.22. The van der Waals surface area contributed by atoms with Crippen molar-refractivity contribution in [2.24, 2.45) is 0 Å². The van der Waals surface area contributed by atoms with E-state index in [-0.39, 0.29) is 5.56 Å². The molecule has 0 N–H and O–H groups in total. The summed E-state index contributed by atoms with van der Waals surface area (Å²) >= 11 is 0. The molecule has 1 aliphatic rings. The van der Waals surface area contributed by atoms with E-state index in [9.17, 15) is 9.59 Å². The SMILES string of the molecule is COC(=O)c1c2n(c(=O)c3ccccc13)Cc1nc3ccccc3c(-c3ccccc3)c1-2. The van der Waals surface area contributed by atoms with Gasteiger partial charge in [-0.15, -0.1) is 0 Å². The van der Waals surface area contributed by atoms with Gasteiger partial charge in [-0.25, -0.2) is 4.79 Å². The van der Waals surface area contributed by atoms with Crippen LogP contribution in [0.1, 0.15) is 16.1 Å². The molecule has 0 bridgehead atoms. The lowest BCUT2D eigenvalue weighted by Gasteiger charge is -2.16. The van der Waals surface area contributed by atoms with E-state index in [0.29, 0.717) is 28.6 Å². The van der Waals surface area contributed by atoms with Crippen molar-refractivity contribution < 1.29 is 9.53 Å². The minimum Gasteiger partial charge on any atom is -0.465 e. The van der Waals surface area contributed by atoms with Crippen LogP contribution >= 0.6 is 0 Å². The lowest BCUT2D eigenvalue weighted by molar-refractivity contribution is 0.0603. The highest BCUT2D eigenvalue weighted by Crippen LogP contribution is 2.45. The second-order valence-electron chi connectivity index (χ2n) is 7.84. The predicted molar refractivity (Wildman–Crippen MR) is 125 cm³/mol. The molecule has 2 aromatic heterocycles. The highest BCUT2D eigenvalue weighted by Gasteiger charge is 2.33. The van der Waals surface area contributed by atoms with Crippen LogP contribution in [0.5, 0.6) is 0 Å². The highest BCUT2D eigenvalue weighted by molar-refractivity contribution is 6.13. The lowest BCUT2D eigenvalue weighted by atomic mass is 9.91. The zero-order valence-corrected chi connectivity index (χ0v) is 17.3. The summed E-state index contributed by atoms with van der Waals surface area (Å²) in [6.45, 7) is 0.309. The molecule has 0 amide bonds. The number of aromatic nitrogens is 2. The average molecular weight is 418 g/mol. The number of para-hydroxylation sites is 1. The Morgan fingerprint density at radius 1 is 0.844 bits per heavy atom. The van der Waals surface area contributed by atoms with Gasteiger partial charge < -0.3 is 9.30 Å². The van der Waals surface area contributed by atoms with Crippen LogP contribution in [0.2, 0.25) is 0 Å². The number of methoxy groups -OCH3 is 1. The molecular formula is C27H18N2O3. The van der Waals surface area contributed by atoms with Crippen molar-refractivity contribution in [3.8, 4) is 22.4 Å². The van der Waals surface area contributed by atoms with Gasteiger partial charge in [-0.3, -0.25) is 9.78 Å². The van der Waals surface area contributed by atoms with Crippen LogP contribution in [-0.2, 0) is 11.3 Å². The molecule has 5 nitrogen and oxygen atoms in total. The maximum atomic E-state index is 13.5. The Kier molecular flexibility index (Phi) is 3.98. The fourth-order valence-electron chi connectivity index (χ4n) is 4.80. The van der Waals surface area contributed by atoms with Crippen molar-refractivity contribution in [1.29, 1.82) is 0 Å². The van der Waals surface area contributed by atoms with Crippen molar-refractivity contribution in [3.63, 3.8) is 0 Å². The third-order valence-electron chi connectivity index (χ3n) is 6.14. The Labute approximate surface area is 183 Å². The Morgan fingerprint density at radius 2 is 1.50 bits per heavy atom. The van der Waals surface area contributed by atoms with E-state index >= 15 is 0 Å². The molecule has 3 heterocycles. The van der Waals surface area contributed by atoms with Gasteiger partial charge in [0.05, 0.1) is 36.1 Å². The second-order valence-corrected chi connectivity index (χ2v) is 7.84. The van der Waals surface area contributed by atoms with Gasteiger partial charge in [0.15, 0.2) is 0 Å². The molecule has 0 radical (unpaired) electrons. The van der Waals surface area contributed by atoms with Crippen LogP contribution in [0.3, 0.4) is 0 Å². The molecule has 0 unspecified atom stereocenters. The summed E-state index contributed by atoms with van der Waals surface area (Å²) in [6.07, 6.45) is 0. The van der Waals surface area contributed by atoms with Gasteiger partial charge in [0.2, 0.25) is 0 Å². The van der Waals surface area contributed by atoms with Crippen LogP contribution < -0.4 is 5.56 Å². The molecule has 0 atom stereocenters. The van der Waals surface area contributed by atoms with Crippen LogP contribution in [0, 0.1) is 0 Å². The molecule has 0 aliphatic carbocycles. The normalized spacial score (nSPS) is 12.0. The van der Waals surface area contributed by atoms with Gasteiger partial charge in [0.1, 0.15) is 0 Å². The number of pyridine rings is 2. The first-order valence-corrected chi connectivity index (χ1v) is 10.4. The summed E-state index contributed by atoms with van der Waals surface area (Å²) < 4.78 is 6.85. The van der Waals surface area contributed by atoms with Crippen LogP contribution in [0.4, 0.5) is 0 Å². The molecule has 32 heavy (non-hydrogen) atoms. The number of fused-ring (bicyclic) bond motifs is 5. The molecule has 0 saturated carbocycles. The van der Waals surface area contributed by atoms with Crippen LogP contribution in [0.15, 0.2) is 83.7 Å². The fraction of sp³-hybridized carbons (Fsp3) is 0.0741. The maximum absolute atomic E-state index is 13.5. The smallest absolute Gasteiger partial charge is 0.340 e. The van der Waals surface area contributed by atoms with E-state index in [2.05, 4.69) is 0 Å². The molecule has 154 valence electrons. The zero-order chi connectivity index (χ0) is 21.8. The van der Waals surface area contributed by atoms with Crippen molar-refractivity contribution in [2.45, 2.75) is 6.54 Å². The Morgan fingerprint density at radius 3 is 2.25 bits per heavy atom. The number of hydrogen-bond acceptors (Lipinski definition) is 4. The maximum Gasteiger partial charge on any atom is 0.340 e. The molecular weight excluding hydrogens is 400 g/mol. The van der Waals surface area contributed by atoms with Crippen molar-refractivity contribution >= 4 is 27.6 Å². The first-order chi connectivity index (χ1) is 15.7. The third-order valence-corrected chi connectivity index (χ3v) is 6.14. The van der Waals surface area contributed by atoms with Gasteiger partial charge in [0.25, 0.3) is 5.56 Å². The molecule has 0 saturated heterocycles. The van der Waals surface area contributed by atoms with Crippen LogP contribution in [-0.4, -0.2) is 22.6 Å². The van der Waals surface area contributed by atoms with Crippen molar-refractivity contribution in [3.05, 3.63) is 100 Å². The number of carbonyl (C=O) groups excluding carboxylic acids is 1. The summed E-state index contributed by atoms with van der Waals surface area (Å²) in [4.78, 5) is 31.4. The highest BCUT2D eigenvalue weighted by atomic mass is 16.5. The minimum absolute atomic E-state index is 0.135. The van der Waals surface area contributed by atoms with Gasteiger partial charge in [0, 0.05) is 27.3 Å². The van der Waals surface area contributed by atoms with Gasteiger partial charge in [-0.05, 0) is 17.7 Å². The van der Waals surface area contributed by atoms with Crippen LogP contribution in [0.25, 0.3) is 44.1 Å². The summed E-state index contributed by atoms with van der Waals surface area (Å²) in [5, 5.41) is 2.06. The van der Waals surface area contributed by atoms with E-state index in [4.69, 9.17) is 9.72 Å². The van der Waals surface area contributed by atoms with Crippen molar-refractivity contribution in [1.82, 2.24) is 9.55 Å². The monoisotopic (exact) mass is 418 g/mol. The minimum atomic E-state index is -0.468. The standard InChI is InChI=1S/C27H18N2O3/c1-32-27(31)23-17-11-5-6-12-18(17)26(30)29-15-21-24(25(23)29)22(16-9-3-2-4-10-16)19-13-7-8-14-20(19)28-21/h2-14H,15H2,1H3. The van der Waals surface area contributed by atoms with Gasteiger partial charge in [-0.1, -0.05) is 66.7 Å². The fourth-order valence-corrected chi connectivity index (χ4v) is 4.80. The van der Waals surface area contributed by atoms with E-state index in [1.165, 1.54) is 7.11 Å². The van der Waals surface area contributed by atoms with E-state index in [0.717, 1.165) is 33.3 Å². The van der Waals surface area contributed by atoms with E-state index in [1.54, 1.807) is 16.7 Å². The quantitative estimate of drug-likeness (QED) is 0.370. The second kappa shape index (κ2) is 6.89. The molecule has 0 spiro atoms. The lowest BCUT2D eigenvalue weighted by Crippen LogP contribution is -2.22. The summed E-state index contributed by atoms with van der Waals surface area (Å²) in [5.74, 6) is -0.468. The number of rotatable bonds is 2. The number of esters is 1. The van der Waals surface area contributed by atoms with E-state index < -0.39 is 5.97 Å². The molecule has 5 aromatic rings. The molecule has 6 rings (SSSR count). The third kappa shape index (κ3) is 2.48. The van der Waals surface area contributed by atoms with E-state index in [1.807, 2.05) is 66.7 Å². The zero-order valence-electron chi connectivity index (χ0n) is 17.3. The first-order valence-electron chi connectivity index (χ1n) is 10.4. The Bertz CT molecular complexity index is 1620. The summed E-state index contributed by atoms with van der Waals surface area (Å²) in [5.41, 5.74) is 5.27.